The van der Waals surface area contributed by atoms with Gasteiger partial charge in [-0.2, -0.15) is 0 Å². The summed E-state index contributed by atoms with van der Waals surface area (Å²) in [7, 11) is 0. The maximum absolute atomic E-state index is 12.2. The van der Waals surface area contributed by atoms with Gasteiger partial charge in [0.15, 0.2) is 0 Å². The molecule has 0 saturated heterocycles. The third-order valence-corrected chi connectivity index (χ3v) is 3.61. The Balaban J connectivity index is 0.00000400. The number of nitrogens with two attached hydrogens (primary N) is 1. The van der Waals surface area contributed by atoms with Crippen molar-refractivity contribution in [2.24, 2.45) is 11.7 Å². The lowest BCUT2D eigenvalue weighted by molar-refractivity contribution is -0.123. The highest BCUT2D eigenvalue weighted by Gasteiger charge is 2.26. The molecule has 1 rings (SSSR count). The molecular weight excluding hydrogens is 284 g/mol. The van der Waals surface area contributed by atoms with Gasteiger partial charge in [0.2, 0.25) is 5.91 Å². The molecule has 1 amide bonds. The molecule has 4 heteroatoms. The zero-order valence-corrected chi connectivity index (χ0v) is 14.4. The highest BCUT2D eigenvalue weighted by Crippen LogP contribution is 2.20. The lowest BCUT2D eigenvalue weighted by Gasteiger charge is -2.31. The van der Waals surface area contributed by atoms with Gasteiger partial charge in [0.25, 0.3) is 0 Å². The first-order valence-corrected chi connectivity index (χ1v) is 7.42. The fourth-order valence-corrected chi connectivity index (χ4v) is 2.65. The van der Waals surface area contributed by atoms with Crippen molar-refractivity contribution >= 4 is 18.3 Å². The summed E-state index contributed by atoms with van der Waals surface area (Å²) in [5, 5.41) is 3.11. The van der Waals surface area contributed by atoms with Gasteiger partial charge in [0.05, 0.1) is 0 Å². The molecule has 2 unspecified atom stereocenters. The predicted molar refractivity (Wildman–Crippen MR) is 91.8 cm³/mol. The number of carbonyl (C=O) groups excluding carboxylic acids is 1. The van der Waals surface area contributed by atoms with E-state index in [2.05, 4.69) is 38.2 Å². The summed E-state index contributed by atoms with van der Waals surface area (Å²) in [6, 6.07) is 10.1. The third kappa shape index (κ3) is 6.96. The minimum atomic E-state index is -0.304. The summed E-state index contributed by atoms with van der Waals surface area (Å²) in [6.07, 6.45) is 1.40. The number of benzene rings is 1. The minimum absolute atomic E-state index is 0. The number of hydrogen-bond donors (Lipinski definition) is 2. The summed E-state index contributed by atoms with van der Waals surface area (Å²) in [6.45, 7) is 8.87. The van der Waals surface area contributed by atoms with Crippen LogP contribution in [-0.4, -0.2) is 18.0 Å². The first kappa shape index (κ1) is 19.9. The number of carbonyl (C=O) groups is 1. The summed E-state index contributed by atoms with van der Waals surface area (Å²) in [4.78, 5) is 12.2. The van der Waals surface area contributed by atoms with Crippen molar-refractivity contribution in [3.05, 3.63) is 35.9 Å². The highest BCUT2D eigenvalue weighted by molar-refractivity contribution is 5.85. The Labute approximate surface area is 135 Å². The zero-order chi connectivity index (χ0) is 15.2. The lowest BCUT2D eigenvalue weighted by atomic mass is 9.90. The molecule has 0 aliphatic heterocycles. The molecule has 0 radical (unpaired) electrons. The lowest BCUT2D eigenvalue weighted by Crippen LogP contribution is -2.52. The average Bonchev–Trinajstić information content (AvgIpc) is 2.38. The van der Waals surface area contributed by atoms with Crippen molar-refractivity contribution in [3.8, 4) is 0 Å². The van der Waals surface area contributed by atoms with Crippen LogP contribution in [0.4, 0.5) is 0 Å². The molecule has 0 heterocycles. The van der Waals surface area contributed by atoms with E-state index in [9.17, 15) is 4.79 Å². The average molecular weight is 313 g/mol. The van der Waals surface area contributed by atoms with E-state index < -0.39 is 0 Å². The van der Waals surface area contributed by atoms with Gasteiger partial charge in [0, 0.05) is 18.5 Å². The molecule has 2 atom stereocenters. The second kappa shape index (κ2) is 9.06. The quantitative estimate of drug-likeness (QED) is 0.810. The molecule has 0 spiro atoms. The molecule has 21 heavy (non-hydrogen) atoms. The largest absolute Gasteiger partial charge is 0.350 e. The monoisotopic (exact) mass is 312 g/mol. The Bertz CT molecular complexity index is 422. The van der Waals surface area contributed by atoms with Crippen LogP contribution >= 0.6 is 12.4 Å². The smallest absolute Gasteiger partial charge is 0.221 e. The van der Waals surface area contributed by atoms with Crippen molar-refractivity contribution < 1.29 is 4.79 Å². The SMILES string of the molecule is CC(C)CC(C)(CN)NC(=O)CC(C)c1ccccc1.Cl. The van der Waals surface area contributed by atoms with Crippen LogP contribution in [0.5, 0.6) is 0 Å². The van der Waals surface area contributed by atoms with Crippen LogP contribution in [0.15, 0.2) is 30.3 Å². The molecule has 3 N–H and O–H groups in total. The molecule has 1 aromatic rings. The molecule has 0 aliphatic carbocycles. The summed E-state index contributed by atoms with van der Waals surface area (Å²) in [5.41, 5.74) is 6.72. The van der Waals surface area contributed by atoms with E-state index in [0.29, 0.717) is 18.9 Å². The predicted octanol–water partition coefficient (Wildman–Crippen LogP) is 3.48. The van der Waals surface area contributed by atoms with E-state index in [4.69, 9.17) is 5.73 Å². The van der Waals surface area contributed by atoms with Crippen molar-refractivity contribution in [2.75, 3.05) is 6.54 Å². The van der Waals surface area contributed by atoms with Crippen molar-refractivity contribution in [3.63, 3.8) is 0 Å². The fourth-order valence-electron chi connectivity index (χ4n) is 2.65. The van der Waals surface area contributed by atoms with Crippen LogP contribution in [0.2, 0.25) is 0 Å². The van der Waals surface area contributed by atoms with Gasteiger partial charge in [-0.15, -0.1) is 12.4 Å². The molecule has 0 aromatic heterocycles. The van der Waals surface area contributed by atoms with Gasteiger partial charge in [-0.05, 0) is 30.7 Å². The molecule has 0 aliphatic rings. The van der Waals surface area contributed by atoms with Gasteiger partial charge in [-0.3, -0.25) is 4.79 Å². The van der Waals surface area contributed by atoms with Crippen LogP contribution in [0.3, 0.4) is 0 Å². The van der Waals surface area contributed by atoms with E-state index in [-0.39, 0.29) is 29.8 Å². The molecule has 0 saturated carbocycles. The Morgan fingerprint density at radius 3 is 2.29 bits per heavy atom. The first-order chi connectivity index (χ1) is 9.36. The van der Waals surface area contributed by atoms with Gasteiger partial charge in [-0.25, -0.2) is 0 Å². The summed E-state index contributed by atoms with van der Waals surface area (Å²) >= 11 is 0. The summed E-state index contributed by atoms with van der Waals surface area (Å²) < 4.78 is 0. The Morgan fingerprint density at radius 2 is 1.81 bits per heavy atom. The van der Waals surface area contributed by atoms with Crippen molar-refractivity contribution in [2.45, 2.75) is 52.0 Å². The van der Waals surface area contributed by atoms with Crippen LogP contribution in [0.25, 0.3) is 0 Å². The van der Waals surface area contributed by atoms with Gasteiger partial charge >= 0.3 is 0 Å². The normalized spacial score (nSPS) is 15.0. The number of hydrogen-bond acceptors (Lipinski definition) is 2. The third-order valence-electron chi connectivity index (χ3n) is 3.61. The van der Waals surface area contributed by atoms with Gasteiger partial charge in [0.1, 0.15) is 0 Å². The van der Waals surface area contributed by atoms with E-state index in [1.54, 1.807) is 0 Å². The van der Waals surface area contributed by atoms with Crippen molar-refractivity contribution in [1.82, 2.24) is 5.32 Å². The van der Waals surface area contributed by atoms with Gasteiger partial charge in [-0.1, -0.05) is 51.1 Å². The van der Waals surface area contributed by atoms with Crippen LogP contribution in [0.1, 0.15) is 52.0 Å². The van der Waals surface area contributed by atoms with E-state index in [1.807, 2.05) is 25.1 Å². The fraction of sp³-hybridized carbons (Fsp3) is 0.588. The highest BCUT2D eigenvalue weighted by atomic mass is 35.5. The Hall–Kier alpha value is -1.06. The van der Waals surface area contributed by atoms with E-state index in [0.717, 1.165) is 6.42 Å². The van der Waals surface area contributed by atoms with E-state index in [1.165, 1.54) is 5.56 Å². The Kier molecular flexibility index (Phi) is 8.60. The molecule has 0 fully saturated rings. The summed E-state index contributed by atoms with van der Waals surface area (Å²) in [5.74, 6) is 0.808. The number of rotatable bonds is 7. The number of halogens is 1. The molecule has 3 nitrogen and oxygen atoms in total. The molecule has 0 bridgehead atoms. The molecule has 120 valence electrons. The Morgan fingerprint density at radius 1 is 1.24 bits per heavy atom. The second-order valence-corrected chi connectivity index (χ2v) is 6.43. The van der Waals surface area contributed by atoms with Crippen LogP contribution in [0, 0.1) is 5.92 Å². The topological polar surface area (TPSA) is 55.1 Å². The second-order valence-electron chi connectivity index (χ2n) is 6.43. The standard InChI is InChI=1S/C17H28N2O.ClH/c1-13(2)11-17(4,12-18)19-16(20)10-14(3)15-8-6-5-7-9-15;/h5-9,13-14H,10-12,18H2,1-4H3,(H,19,20);1H. The zero-order valence-electron chi connectivity index (χ0n) is 13.6. The van der Waals surface area contributed by atoms with Crippen LogP contribution in [-0.2, 0) is 4.79 Å². The van der Waals surface area contributed by atoms with E-state index >= 15 is 0 Å². The number of amides is 1. The maximum Gasteiger partial charge on any atom is 0.221 e. The number of nitrogens with one attached hydrogen (secondary N) is 1. The van der Waals surface area contributed by atoms with Gasteiger partial charge < -0.3 is 11.1 Å². The molecule has 1 aromatic carbocycles. The van der Waals surface area contributed by atoms with Crippen molar-refractivity contribution in [1.29, 1.82) is 0 Å². The first-order valence-electron chi connectivity index (χ1n) is 7.42. The molecular formula is C17H29ClN2O. The maximum atomic E-state index is 12.2. The minimum Gasteiger partial charge on any atom is -0.350 e. The van der Waals surface area contributed by atoms with Crippen LogP contribution < -0.4 is 11.1 Å².